The Kier molecular flexibility index (Phi) is 4.32. The van der Waals surface area contributed by atoms with Crippen LogP contribution in [0, 0.1) is 6.92 Å². The largest absolute Gasteiger partial charge is 0.478 e. The number of halogens is 1. The van der Waals surface area contributed by atoms with Crippen molar-refractivity contribution in [2.24, 2.45) is 0 Å². The first-order valence-corrected chi connectivity index (χ1v) is 8.37. The van der Waals surface area contributed by atoms with Crippen molar-refractivity contribution in [1.82, 2.24) is 0 Å². The molecule has 0 fully saturated rings. The minimum Gasteiger partial charge on any atom is -0.478 e. The van der Waals surface area contributed by atoms with Crippen LogP contribution in [0.1, 0.15) is 21.5 Å². The number of alkyl halides is 1. The van der Waals surface area contributed by atoms with E-state index in [1.807, 2.05) is 19.1 Å². The van der Waals surface area contributed by atoms with Gasteiger partial charge in [0, 0.05) is 17.4 Å². The van der Waals surface area contributed by atoms with E-state index in [0.29, 0.717) is 11.1 Å². The van der Waals surface area contributed by atoms with Gasteiger partial charge in [-0.3, -0.25) is 0 Å². The van der Waals surface area contributed by atoms with Crippen molar-refractivity contribution >= 4 is 15.8 Å². The van der Waals surface area contributed by atoms with Gasteiger partial charge in [0.2, 0.25) is 0 Å². The third-order valence-corrected chi connectivity index (χ3v) is 4.57. The van der Waals surface area contributed by atoms with Gasteiger partial charge in [0.1, 0.15) is 6.67 Å². The molecule has 116 valence electrons. The van der Waals surface area contributed by atoms with E-state index in [2.05, 4.69) is 0 Å². The van der Waals surface area contributed by atoms with Crippen LogP contribution in [-0.2, 0) is 16.5 Å². The van der Waals surface area contributed by atoms with Crippen molar-refractivity contribution in [3.05, 3.63) is 53.1 Å². The zero-order valence-corrected chi connectivity index (χ0v) is 12.9. The van der Waals surface area contributed by atoms with Crippen LogP contribution >= 0.6 is 0 Å². The van der Waals surface area contributed by atoms with E-state index in [-0.39, 0.29) is 16.0 Å². The molecule has 2 rings (SSSR count). The minimum absolute atomic E-state index is 0.265. The summed E-state index contributed by atoms with van der Waals surface area (Å²) >= 11 is 0. The number of carbonyl (C=O) groups is 1. The summed E-state index contributed by atoms with van der Waals surface area (Å²) in [6.07, 6.45) is 0.949. The summed E-state index contributed by atoms with van der Waals surface area (Å²) in [5, 5.41) is 9.12. The topological polar surface area (TPSA) is 71.4 Å². The number of hydrogen-bond acceptors (Lipinski definition) is 3. The van der Waals surface area contributed by atoms with Gasteiger partial charge in [-0.15, -0.1) is 0 Å². The number of aromatic carboxylic acids is 1. The summed E-state index contributed by atoms with van der Waals surface area (Å²) in [4.78, 5) is 10.9. The van der Waals surface area contributed by atoms with Gasteiger partial charge in [0.25, 0.3) is 0 Å². The molecule has 0 aromatic heterocycles. The average Bonchev–Trinajstić information content (AvgIpc) is 2.45. The first-order chi connectivity index (χ1) is 10.3. The third kappa shape index (κ3) is 3.01. The van der Waals surface area contributed by atoms with Crippen molar-refractivity contribution in [3.8, 4) is 11.1 Å². The summed E-state index contributed by atoms with van der Waals surface area (Å²) in [6.45, 7) is 0.728. The van der Waals surface area contributed by atoms with Gasteiger partial charge in [-0.2, -0.15) is 0 Å². The van der Waals surface area contributed by atoms with Crippen LogP contribution < -0.4 is 0 Å². The van der Waals surface area contributed by atoms with Crippen molar-refractivity contribution in [1.29, 1.82) is 0 Å². The fourth-order valence-electron chi connectivity index (χ4n) is 2.34. The molecule has 0 aliphatic carbocycles. The van der Waals surface area contributed by atoms with Gasteiger partial charge in [-0.25, -0.2) is 17.6 Å². The molecule has 0 heterocycles. The van der Waals surface area contributed by atoms with Crippen molar-refractivity contribution in [3.63, 3.8) is 0 Å². The second-order valence-electron chi connectivity index (χ2n) is 5.05. The Hall–Kier alpha value is -2.21. The van der Waals surface area contributed by atoms with E-state index in [1.165, 1.54) is 12.1 Å². The predicted octanol–water partition coefficient (Wildman–Crippen LogP) is 3.23. The average molecular weight is 322 g/mol. The number of carboxylic acid groups (broad SMARTS) is 1. The van der Waals surface area contributed by atoms with Gasteiger partial charge in [-0.1, -0.05) is 35.9 Å². The molecule has 0 saturated heterocycles. The van der Waals surface area contributed by atoms with Crippen molar-refractivity contribution in [2.75, 3.05) is 6.26 Å². The van der Waals surface area contributed by atoms with Crippen LogP contribution in [0.3, 0.4) is 0 Å². The molecule has 4 nitrogen and oxygen atoms in total. The quantitative estimate of drug-likeness (QED) is 0.938. The Labute approximate surface area is 128 Å². The number of carboxylic acids is 1. The first-order valence-electron chi connectivity index (χ1n) is 6.48. The number of rotatable bonds is 4. The van der Waals surface area contributed by atoms with E-state index < -0.39 is 22.5 Å². The van der Waals surface area contributed by atoms with Gasteiger partial charge in [0.05, 0.1) is 10.5 Å². The van der Waals surface area contributed by atoms with E-state index in [0.717, 1.165) is 11.8 Å². The van der Waals surface area contributed by atoms with Crippen LogP contribution in [0.4, 0.5) is 4.39 Å². The van der Waals surface area contributed by atoms with Crippen LogP contribution in [-0.4, -0.2) is 25.7 Å². The highest BCUT2D eigenvalue weighted by Crippen LogP contribution is 2.33. The van der Waals surface area contributed by atoms with Gasteiger partial charge < -0.3 is 5.11 Å². The second kappa shape index (κ2) is 5.88. The Bertz CT molecular complexity index is 824. The molecule has 2 aromatic carbocycles. The van der Waals surface area contributed by atoms with Gasteiger partial charge in [-0.05, 0) is 18.6 Å². The molecule has 0 aliphatic heterocycles. The fraction of sp³-hybridized carbons (Fsp3) is 0.188. The molecular weight excluding hydrogens is 307 g/mol. The maximum absolute atomic E-state index is 13.4. The predicted molar refractivity (Wildman–Crippen MR) is 81.5 cm³/mol. The van der Waals surface area contributed by atoms with Crippen LogP contribution in [0.15, 0.2) is 41.3 Å². The van der Waals surface area contributed by atoms with Gasteiger partial charge in [0.15, 0.2) is 9.84 Å². The Morgan fingerprint density at radius 1 is 1.14 bits per heavy atom. The van der Waals surface area contributed by atoms with Crippen LogP contribution in [0.5, 0.6) is 0 Å². The molecule has 0 atom stereocenters. The highest BCUT2D eigenvalue weighted by molar-refractivity contribution is 7.91. The minimum atomic E-state index is -3.79. The maximum Gasteiger partial charge on any atom is 0.336 e. The number of hydrogen-bond donors (Lipinski definition) is 1. The Morgan fingerprint density at radius 2 is 1.73 bits per heavy atom. The number of sulfone groups is 1. The lowest BCUT2D eigenvalue weighted by Gasteiger charge is -2.14. The molecule has 0 saturated carbocycles. The van der Waals surface area contributed by atoms with Crippen LogP contribution in [0.2, 0.25) is 0 Å². The summed E-state index contributed by atoms with van der Waals surface area (Å²) in [7, 11) is -3.79. The third-order valence-electron chi connectivity index (χ3n) is 3.36. The molecule has 1 N–H and O–H groups in total. The maximum atomic E-state index is 13.4. The molecule has 0 spiro atoms. The SMILES string of the molecule is Cc1ccc(-c2ccc(C(=O)O)c(CF)c2S(C)(=O)=O)cc1. The molecule has 2 aromatic rings. The van der Waals surface area contributed by atoms with E-state index in [4.69, 9.17) is 5.11 Å². The van der Waals surface area contributed by atoms with E-state index in [1.54, 1.807) is 12.1 Å². The highest BCUT2D eigenvalue weighted by atomic mass is 32.2. The molecule has 0 radical (unpaired) electrons. The smallest absolute Gasteiger partial charge is 0.336 e. The summed E-state index contributed by atoms with van der Waals surface area (Å²) in [5.74, 6) is -1.35. The standard InChI is InChI=1S/C16H15FO4S/c1-10-3-5-11(6-4-10)12-7-8-13(16(18)19)14(9-17)15(12)22(2,20)21/h3-8H,9H2,1-2H3,(H,18,19). The molecule has 6 heteroatoms. The van der Waals surface area contributed by atoms with E-state index >= 15 is 0 Å². The van der Waals surface area contributed by atoms with Crippen molar-refractivity contribution in [2.45, 2.75) is 18.5 Å². The lowest BCUT2D eigenvalue weighted by atomic mass is 9.98. The lowest BCUT2D eigenvalue weighted by molar-refractivity contribution is 0.0694. The molecule has 22 heavy (non-hydrogen) atoms. The Morgan fingerprint density at radius 3 is 2.18 bits per heavy atom. The first kappa shape index (κ1) is 16.2. The number of benzene rings is 2. The summed E-state index contributed by atoms with van der Waals surface area (Å²) in [6, 6.07) is 9.71. The fourth-order valence-corrected chi connectivity index (χ4v) is 3.54. The lowest BCUT2D eigenvalue weighted by Crippen LogP contribution is -2.10. The number of aryl methyl sites for hydroxylation is 1. The zero-order valence-electron chi connectivity index (χ0n) is 12.1. The monoisotopic (exact) mass is 322 g/mol. The molecular formula is C16H15FO4S. The second-order valence-corrected chi connectivity index (χ2v) is 7.00. The molecule has 0 amide bonds. The van der Waals surface area contributed by atoms with E-state index in [9.17, 15) is 17.6 Å². The normalized spacial score (nSPS) is 11.4. The highest BCUT2D eigenvalue weighted by Gasteiger charge is 2.24. The molecule has 0 unspecified atom stereocenters. The zero-order chi connectivity index (χ0) is 16.5. The summed E-state index contributed by atoms with van der Waals surface area (Å²) in [5.41, 5.74) is 1.25. The summed E-state index contributed by atoms with van der Waals surface area (Å²) < 4.78 is 37.5. The Balaban J connectivity index is 2.86. The molecule has 0 bridgehead atoms. The van der Waals surface area contributed by atoms with Crippen molar-refractivity contribution < 1.29 is 22.7 Å². The van der Waals surface area contributed by atoms with Crippen LogP contribution in [0.25, 0.3) is 11.1 Å². The van der Waals surface area contributed by atoms with Gasteiger partial charge >= 0.3 is 5.97 Å². The molecule has 0 aliphatic rings.